The summed E-state index contributed by atoms with van der Waals surface area (Å²) in [6.45, 7) is 0.384. The quantitative estimate of drug-likeness (QED) is 0.251. The molecule has 0 aliphatic rings. The van der Waals surface area contributed by atoms with Crippen LogP contribution in [0.4, 0.5) is 5.69 Å². The van der Waals surface area contributed by atoms with E-state index in [1.807, 2.05) is 18.2 Å². The van der Waals surface area contributed by atoms with E-state index in [1.54, 1.807) is 68.5 Å². The highest BCUT2D eigenvalue weighted by Gasteiger charge is 2.18. The number of methoxy groups -OCH3 is 3. The van der Waals surface area contributed by atoms with E-state index in [1.165, 1.54) is 12.1 Å². The molecule has 1 amide bonds. The number of nitrogens with one attached hydrogen (secondary N) is 1. The number of hydrogen-bond acceptors (Lipinski definition) is 7. The minimum atomic E-state index is -0.461. The summed E-state index contributed by atoms with van der Waals surface area (Å²) in [7, 11) is 4.73. The lowest BCUT2D eigenvalue weighted by atomic mass is 10.1. The molecule has 0 aliphatic heterocycles. The predicted molar refractivity (Wildman–Crippen MR) is 138 cm³/mol. The summed E-state index contributed by atoms with van der Waals surface area (Å²) in [5.74, 6) is 1.62. The maximum absolute atomic E-state index is 13.2. The highest BCUT2D eigenvalue weighted by Crippen LogP contribution is 2.28. The Labute approximate surface area is 213 Å². The average molecular weight is 503 g/mol. The molecule has 190 valence electrons. The number of ether oxygens (including phenoxy) is 3. The summed E-state index contributed by atoms with van der Waals surface area (Å²) in [6.07, 6.45) is 0.581. The van der Waals surface area contributed by atoms with Gasteiger partial charge in [0, 0.05) is 24.2 Å². The highest BCUT2D eigenvalue weighted by molar-refractivity contribution is 5.94. The zero-order valence-electron chi connectivity index (χ0n) is 20.6. The van der Waals surface area contributed by atoms with Gasteiger partial charge in [-0.15, -0.1) is 0 Å². The molecule has 0 saturated carbocycles. The Balaban J connectivity index is 1.58. The molecule has 0 radical (unpaired) electrons. The van der Waals surface area contributed by atoms with E-state index in [-0.39, 0.29) is 11.6 Å². The fourth-order valence-corrected chi connectivity index (χ4v) is 3.81. The fourth-order valence-electron chi connectivity index (χ4n) is 3.81. The number of rotatable bonds is 10. The van der Waals surface area contributed by atoms with Crippen molar-refractivity contribution in [3.05, 3.63) is 94.2 Å². The first kappa shape index (κ1) is 25.2. The molecule has 1 N–H and O–H groups in total. The normalized spacial score (nSPS) is 10.6. The Bertz CT molecular complexity index is 1400. The Hall–Kier alpha value is -4.86. The van der Waals surface area contributed by atoms with Crippen LogP contribution in [0.5, 0.6) is 17.2 Å². The van der Waals surface area contributed by atoms with Crippen molar-refractivity contribution in [3.63, 3.8) is 0 Å². The lowest BCUT2D eigenvalue weighted by Gasteiger charge is -2.11. The highest BCUT2D eigenvalue weighted by atomic mass is 16.6. The molecule has 1 heterocycles. The second kappa shape index (κ2) is 11.3. The second-order valence-corrected chi connectivity index (χ2v) is 8.02. The molecule has 4 rings (SSSR count). The van der Waals surface area contributed by atoms with Gasteiger partial charge in [-0.2, -0.15) is 5.10 Å². The number of carbonyl (C=O) groups is 1. The SMILES string of the molecule is COc1ccc(-n2nc(-c3ccc([N+](=O)[O-])cc3)cc2C(=O)NCCc2ccc(OC)c(OC)c2)cc1. The van der Waals surface area contributed by atoms with Gasteiger partial charge in [0.25, 0.3) is 11.6 Å². The first-order valence-electron chi connectivity index (χ1n) is 11.4. The van der Waals surface area contributed by atoms with Gasteiger partial charge in [0.05, 0.1) is 37.6 Å². The maximum Gasteiger partial charge on any atom is 0.270 e. The van der Waals surface area contributed by atoms with Crippen LogP contribution < -0.4 is 19.5 Å². The summed E-state index contributed by atoms with van der Waals surface area (Å²) in [4.78, 5) is 23.8. The molecule has 0 unspecified atom stereocenters. The molecule has 0 bridgehead atoms. The molecular weight excluding hydrogens is 476 g/mol. The molecule has 1 aromatic heterocycles. The number of hydrogen-bond donors (Lipinski definition) is 1. The van der Waals surface area contributed by atoms with E-state index >= 15 is 0 Å². The molecule has 37 heavy (non-hydrogen) atoms. The number of carbonyl (C=O) groups excluding carboxylic acids is 1. The van der Waals surface area contributed by atoms with Crippen LogP contribution in [0.1, 0.15) is 16.1 Å². The van der Waals surface area contributed by atoms with Gasteiger partial charge < -0.3 is 19.5 Å². The lowest BCUT2D eigenvalue weighted by molar-refractivity contribution is -0.384. The van der Waals surface area contributed by atoms with Crippen molar-refractivity contribution in [2.45, 2.75) is 6.42 Å². The predicted octanol–water partition coefficient (Wildman–Crippen LogP) is 4.45. The molecule has 10 nitrogen and oxygen atoms in total. The number of aromatic nitrogens is 2. The number of non-ortho nitro benzene ring substituents is 1. The topological polar surface area (TPSA) is 118 Å². The number of nitro benzene ring substituents is 1. The van der Waals surface area contributed by atoms with Crippen molar-refractivity contribution in [1.29, 1.82) is 0 Å². The van der Waals surface area contributed by atoms with Gasteiger partial charge in [-0.3, -0.25) is 14.9 Å². The molecule has 3 aromatic carbocycles. The molecule has 0 atom stereocenters. The number of nitrogens with zero attached hydrogens (tertiary/aromatic N) is 3. The minimum absolute atomic E-state index is 0.0218. The first-order chi connectivity index (χ1) is 17.9. The van der Waals surface area contributed by atoms with E-state index in [4.69, 9.17) is 14.2 Å². The van der Waals surface area contributed by atoms with Crippen LogP contribution in [0, 0.1) is 10.1 Å². The summed E-state index contributed by atoms with van der Waals surface area (Å²) in [5, 5.41) is 18.6. The second-order valence-electron chi connectivity index (χ2n) is 8.02. The van der Waals surface area contributed by atoms with Crippen LogP contribution in [0.2, 0.25) is 0 Å². The van der Waals surface area contributed by atoms with Gasteiger partial charge in [0.2, 0.25) is 0 Å². The number of nitro groups is 1. The van der Waals surface area contributed by atoms with Gasteiger partial charge in [0.15, 0.2) is 11.5 Å². The number of amides is 1. The monoisotopic (exact) mass is 502 g/mol. The van der Waals surface area contributed by atoms with Crippen LogP contribution in [-0.4, -0.2) is 48.5 Å². The van der Waals surface area contributed by atoms with Gasteiger partial charge in [-0.05, 0) is 66.6 Å². The third kappa shape index (κ3) is 5.69. The summed E-state index contributed by atoms with van der Waals surface area (Å²) in [5.41, 5.74) is 3.11. The zero-order valence-corrected chi connectivity index (χ0v) is 20.6. The Morgan fingerprint density at radius 3 is 2.24 bits per heavy atom. The molecular formula is C27H26N4O6. The Morgan fingerprint density at radius 1 is 0.919 bits per heavy atom. The first-order valence-corrected chi connectivity index (χ1v) is 11.4. The van der Waals surface area contributed by atoms with Crippen molar-refractivity contribution < 1.29 is 23.9 Å². The van der Waals surface area contributed by atoms with Gasteiger partial charge in [0.1, 0.15) is 11.4 Å². The summed E-state index contributed by atoms with van der Waals surface area (Å²) in [6, 6.07) is 20.5. The third-order valence-corrected chi connectivity index (χ3v) is 5.78. The summed E-state index contributed by atoms with van der Waals surface area (Å²) < 4.78 is 17.4. The van der Waals surface area contributed by atoms with Crippen LogP contribution >= 0.6 is 0 Å². The number of benzene rings is 3. The van der Waals surface area contributed by atoms with Crippen LogP contribution in [0.3, 0.4) is 0 Å². The van der Waals surface area contributed by atoms with Crippen molar-refractivity contribution in [1.82, 2.24) is 15.1 Å². The van der Waals surface area contributed by atoms with Gasteiger partial charge in [-0.1, -0.05) is 6.07 Å². The van der Waals surface area contributed by atoms with Crippen molar-refractivity contribution in [2.24, 2.45) is 0 Å². The third-order valence-electron chi connectivity index (χ3n) is 5.78. The smallest absolute Gasteiger partial charge is 0.270 e. The molecule has 10 heteroatoms. The molecule has 4 aromatic rings. The van der Waals surface area contributed by atoms with E-state index < -0.39 is 4.92 Å². The summed E-state index contributed by atoms with van der Waals surface area (Å²) >= 11 is 0. The van der Waals surface area contributed by atoms with Crippen molar-refractivity contribution in [2.75, 3.05) is 27.9 Å². The zero-order chi connectivity index (χ0) is 26.4. The van der Waals surface area contributed by atoms with Crippen molar-refractivity contribution in [3.8, 4) is 34.2 Å². The van der Waals surface area contributed by atoms with Crippen molar-refractivity contribution >= 4 is 11.6 Å². The van der Waals surface area contributed by atoms with Gasteiger partial charge >= 0.3 is 0 Å². The fraction of sp³-hybridized carbons (Fsp3) is 0.185. The minimum Gasteiger partial charge on any atom is -0.497 e. The van der Waals surface area contributed by atoms with E-state index in [0.717, 1.165) is 5.56 Å². The van der Waals surface area contributed by atoms with Crippen LogP contribution in [0.15, 0.2) is 72.8 Å². The molecule has 0 saturated heterocycles. The molecule has 0 spiro atoms. The Morgan fingerprint density at radius 2 is 1.62 bits per heavy atom. The maximum atomic E-state index is 13.2. The van der Waals surface area contributed by atoms with Crippen LogP contribution in [0.25, 0.3) is 16.9 Å². The Kier molecular flexibility index (Phi) is 7.68. The molecule has 0 aliphatic carbocycles. The average Bonchev–Trinajstić information content (AvgIpc) is 3.38. The largest absolute Gasteiger partial charge is 0.497 e. The van der Waals surface area contributed by atoms with Crippen LogP contribution in [-0.2, 0) is 6.42 Å². The van der Waals surface area contributed by atoms with E-state index in [2.05, 4.69) is 10.4 Å². The van der Waals surface area contributed by atoms with E-state index in [0.29, 0.717) is 52.9 Å². The van der Waals surface area contributed by atoms with E-state index in [9.17, 15) is 14.9 Å². The lowest BCUT2D eigenvalue weighted by Crippen LogP contribution is -2.27. The van der Waals surface area contributed by atoms with Gasteiger partial charge in [-0.25, -0.2) is 4.68 Å². The standard InChI is InChI=1S/C27H26N4O6/c1-35-22-11-9-20(10-12-22)30-24(17-23(29-30)19-5-7-21(8-6-19)31(33)34)27(32)28-15-14-18-4-13-25(36-2)26(16-18)37-3/h4-13,16-17H,14-15H2,1-3H3,(H,28,32). The molecule has 0 fully saturated rings.